The highest BCUT2D eigenvalue weighted by molar-refractivity contribution is 9.08. The number of hydrogen-bond donors (Lipinski definition) is 1. The van der Waals surface area contributed by atoms with Crippen LogP contribution in [0.15, 0.2) is 24.3 Å². The van der Waals surface area contributed by atoms with Crippen LogP contribution >= 0.6 is 15.9 Å². The highest BCUT2D eigenvalue weighted by Gasteiger charge is 2.01. The number of rotatable bonds is 7. The van der Waals surface area contributed by atoms with Crippen molar-refractivity contribution in [3.05, 3.63) is 29.8 Å². The standard InChI is InChI=1S/C14H20BrNO/c1-2-3-4-5-6-14(17)16-13-9-7-12(11-15)8-10-13/h7-10H,2-6,11H2,1H3,(H,16,17). The first-order valence-electron chi connectivity index (χ1n) is 6.21. The molecular formula is C14H20BrNO. The van der Waals surface area contributed by atoms with Gasteiger partial charge in [0.05, 0.1) is 0 Å². The second kappa shape index (κ2) is 8.29. The maximum atomic E-state index is 11.6. The molecular weight excluding hydrogens is 278 g/mol. The van der Waals surface area contributed by atoms with E-state index in [9.17, 15) is 4.79 Å². The summed E-state index contributed by atoms with van der Waals surface area (Å²) in [5, 5.41) is 3.76. The molecule has 0 radical (unpaired) electrons. The average molecular weight is 298 g/mol. The lowest BCUT2D eigenvalue weighted by Gasteiger charge is -2.05. The summed E-state index contributed by atoms with van der Waals surface area (Å²) in [6.45, 7) is 2.17. The second-order valence-electron chi connectivity index (χ2n) is 4.19. The molecule has 1 N–H and O–H groups in total. The molecule has 2 nitrogen and oxygen atoms in total. The monoisotopic (exact) mass is 297 g/mol. The van der Waals surface area contributed by atoms with Gasteiger partial charge in [-0.2, -0.15) is 0 Å². The molecule has 0 unspecified atom stereocenters. The van der Waals surface area contributed by atoms with Crippen molar-refractivity contribution < 1.29 is 4.79 Å². The van der Waals surface area contributed by atoms with Crippen LogP contribution in [0.5, 0.6) is 0 Å². The molecule has 0 heterocycles. The summed E-state index contributed by atoms with van der Waals surface area (Å²) in [6.07, 6.45) is 5.18. The molecule has 17 heavy (non-hydrogen) atoms. The number of carbonyl (C=O) groups excluding carboxylic acids is 1. The van der Waals surface area contributed by atoms with Crippen molar-refractivity contribution in [3.8, 4) is 0 Å². The number of unbranched alkanes of at least 4 members (excludes halogenated alkanes) is 3. The Hall–Kier alpha value is -0.830. The van der Waals surface area contributed by atoms with Crippen LogP contribution in [0.1, 0.15) is 44.6 Å². The van der Waals surface area contributed by atoms with Gasteiger partial charge in [-0.3, -0.25) is 4.79 Å². The molecule has 0 saturated heterocycles. The van der Waals surface area contributed by atoms with Crippen LogP contribution in [-0.2, 0) is 10.1 Å². The summed E-state index contributed by atoms with van der Waals surface area (Å²) >= 11 is 3.39. The lowest BCUT2D eigenvalue weighted by atomic mass is 10.1. The van der Waals surface area contributed by atoms with Gasteiger partial charge in [0.25, 0.3) is 0 Å². The zero-order valence-corrected chi connectivity index (χ0v) is 11.9. The Bertz CT molecular complexity index is 335. The molecule has 0 spiro atoms. The minimum absolute atomic E-state index is 0.118. The molecule has 0 aliphatic rings. The van der Waals surface area contributed by atoms with Crippen LogP contribution in [0, 0.1) is 0 Å². The van der Waals surface area contributed by atoms with E-state index in [1.165, 1.54) is 18.4 Å². The van der Waals surface area contributed by atoms with Crippen molar-refractivity contribution in [3.63, 3.8) is 0 Å². The van der Waals surface area contributed by atoms with Gasteiger partial charge in [0.1, 0.15) is 0 Å². The minimum atomic E-state index is 0.118. The summed E-state index contributed by atoms with van der Waals surface area (Å²) in [7, 11) is 0. The first-order chi connectivity index (χ1) is 8.26. The molecule has 0 fully saturated rings. The van der Waals surface area contributed by atoms with Crippen LogP contribution in [0.3, 0.4) is 0 Å². The summed E-state index contributed by atoms with van der Waals surface area (Å²) in [4.78, 5) is 11.6. The Kier molecular flexibility index (Phi) is 6.94. The maximum Gasteiger partial charge on any atom is 0.224 e. The van der Waals surface area contributed by atoms with E-state index < -0.39 is 0 Å². The third kappa shape index (κ3) is 5.87. The summed E-state index contributed by atoms with van der Waals surface area (Å²) in [5.74, 6) is 0.118. The van der Waals surface area contributed by atoms with Crippen LogP contribution in [0.25, 0.3) is 0 Å². The van der Waals surface area contributed by atoms with E-state index in [0.717, 1.165) is 23.9 Å². The van der Waals surface area contributed by atoms with Crippen LogP contribution in [0.2, 0.25) is 0 Å². The highest BCUT2D eigenvalue weighted by Crippen LogP contribution is 2.12. The predicted molar refractivity (Wildman–Crippen MR) is 76.5 cm³/mol. The van der Waals surface area contributed by atoms with Crippen LogP contribution < -0.4 is 5.32 Å². The Morgan fingerprint density at radius 1 is 1.18 bits per heavy atom. The number of alkyl halides is 1. The molecule has 1 amide bonds. The van der Waals surface area contributed by atoms with Gasteiger partial charge in [0.2, 0.25) is 5.91 Å². The topological polar surface area (TPSA) is 29.1 Å². The quantitative estimate of drug-likeness (QED) is 0.583. The Balaban J connectivity index is 2.29. The van der Waals surface area contributed by atoms with Crippen molar-refractivity contribution in [2.45, 2.75) is 44.4 Å². The summed E-state index contributed by atoms with van der Waals surface area (Å²) in [5.41, 5.74) is 2.10. The summed E-state index contributed by atoms with van der Waals surface area (Å²) < 4.78 is 0. The number of halogens is 1. The highest BCUT2D eigenvalue weighted by atomic mass is 79.9. The van der Waals surface area contributed by atoms with E-state index >= 15 is 0 Å². The van der Waals surface area contributed by atoms with Crippen molar-refractivity contribution in [1.82, 2.24) is 0 Å². The molecule has 0 aliphatic heterocycles. The number of carbonyl (C=O) groups is 1. The van der Waals surface area contributed by atoms with Crippen LogP contribution in [-0.4, -0.2) is 5.91 Å². The molecule has 0 bridgehead atoms. The normalized spacial score (nSPS) is 10.2. The number of anilines is 1. The van der Waals surface area contributed by atoms with Crippen molar-refractivity contribution in [2.75, 3.05) is 5.32 Å². The minimum Gasteiger partial charge on any atom is -0.326 e. The number of hydrogen-bond acceptors (Lipinski definition) is 1. The fourth-order valence-corrected chi connectivity index (χ4v) is 1.99. The zero-order valence-electron chi connectivity index (χ0n) is 10.3. The van der Waals surface area contributed by atoms with E-state index in [4.69, 9.17) is 0 Å². The molecule has 0 aromatic heterocycles. The molecule has 1 rings (SSSR count). The fourth-order valence-electron chi connectivity index (χ4n) is 1.61. The van der Waals surface area contributed by atoms with Gasteiger partial charge in [-0.15, -0.1) is 0 Å². The van der Waals surface area contributed by atoms with Gasteiger partial charge >= 0.3 is 0 Å². The lowest BCUT2D eigenvalue weighted by molar-refractivity contribution is -0.116. The van der Waals surface area contributed by atoms with Crippen molar-refractivity contribution >= 4 is 27.5 Å². The van der Waals surface area contributed by atoms with Gasteiger partial charge < -0.3 is 5.32 Å². The second-order valence-corrected chi connectivity index (χ2v) is 4.75. The Morgan fingerprint density at radius 3 is 2.47 bits per heavy atom. The molecule has 0 saturated carbocycles. The van der Waals surface area contributed by atoms with Gasteiger partial charge in [-0.1, -0.05) is 54.2 Å². The van der Waals surface area contributed by atoms with E-state index in [2.05, 4.69) is 28.2 Å². The number of nitrogens with one attached hydrogen (secondary N) is 1. The third-order valence-corrected chi connectivity index (χ3v) is 3.30. The molecule has 3 heteroatoms. The first kappa shape index (κ1) is 14.2. The maximum absolute atomic E-state index is 11.6. The van der Waals surface area contributed by atoms with E-state index in [1.54, 1.807) is 0 Å². The molecule has 0 atom stereocenters. The lowest BCUT2D eigenvalue weighted by Crippen LogP contribution is -2.10. The molecule has 1 aromatic carbocycles. The smallest absolute Gasteiger partial charge is 0.224 e. The predicted octanol–water partition coefficient (Wildman–Crippen LogP) is 4.49. The molecule has 1 aromatic rings. The zero-order chi connectivity index (χ0) is 12.5. The number of amides is 1. The summed E-state index contributed by atoms with van der Waals surface area (Å²) in [6, 6.07) is 7.92. The van der Waals surface area contributed by atoms with E-state index in [0.29, 0.717) is 6.42 Å². The Labute approximate surface area is 112 Å². The molecule has 94 valence electrons. The van der Waals surface area contributed by atoms with Crippen molar-refractivity contribution in [2.24, 2.45) is 0 Å². The molecule has 0 aliphatic carbocycles. The van der Waals surface area contributed by atoms with Gasteiger partial charge in [-0.05, 0) is 24.1 Å². The van der Waals surface area contributed by atoms with Gasteiger partial charge in [0.15, 0.2) is 0 Å². The third-order valence-electron chi connectivity index (χ3n) is 2.65. The van der Waals surface area contributed by atoms with Crippen LogP contribution in [0.4, 0.5) is 5.69 Å². The Morgan fingerprint density at radius 2 is 1.88 bits per heavy atom. The SMILES string of the molecule is CCCCCCC(=O)Nc1ccc(CBr)cc1. The van der Waals surface area contributed by atoms with Gasteiger partial charge in [-0.25, -0.2) is 0 Å². The largest absolute Gasteiger partial charge is 0.326 e. The average Bonchev–Trinajstić information content (AvgIpc) is 2.36. The van der Waals surface area contributed by atoms with Gasteiger partial charge in [0, 0.05) is 17.4 Å². The van der Waals surface area contributed by atoms with E-state index in [1.807, 2.05) is 24.3 Å². The number of benzene rings is 1. The first-order valence-corrected chi connectivity index (χ1v) is 7.33. The van der Waals surface area contributed by atoms with E-state index in [-0.39, 0.29) is 5.91 Å². The van der Waals surface area contributed by atoms with Crippen molar-refractivity contribution in [1.29, 1.82) is 0 Å². The fraction of sp³-hybridized carbons (Fsp3) is 0.500.